The molecule has 1 heterocycles. The molecule has 6 heteroatoms. The number of rotatable bonds is 3. The molecule has 0 unspecified atom stereocenters. The number of nitrogens with zero attached hydrogens (tertiary/aromatic N) is 1. The number of ether oxygens (including phenoxy) is 1. The lowest BCUT2D eigenvalue weighted by molar-refractivity contribution is 0.102. The van der Waals surface area contributed by atoms with Crippen molar-refractivity contribution in [2.45, 2.75) is 0 Å². The third-order valence-electron chi connectivity index (χ3n) is 2.42. The van der Waals surface area contributed by atoms with Crippen molar-refractivity contribution in [3.63, 3.8) is 0 Å². The smallest absolute Gasteiger partial charge is 0.274 e. The number of carbonyl (C=O) groups excluding carboxylic acids is 1. The minimum atomic E-state index is -0.332. The SMILES string of the molecule is COc1ccc(Br)c(NC(=O)c2cccc(N)n2)c1. The van der Waals surface area contributed by atoms with E-state index in [1.807, 2.05) is 0 Å². The van der Waals surface area contributed by atoms with Gasteiger partial charge in [0.05, 0.1) is 12.8 Å². The van der Waals surface area contributed by atoms with Gasteiger partial charge in [0.25, 0.3) is 5.91 Å². The number of nitrogen functional groups attached to an aromatic ring is 1. The number of anilines is 2. The van der Waals surface area contributed by atoms with Gasteiger partial charge in [-0.2, -0.15) is 0 Å². The van der Waals surface area contributed by atoms with Gasteiger partial charge in [-0.05, 0) is 40.2 Å². The van der Waals surface area contributed by atoms with Gasteiger partial charge in [0, 0.05) is 10.5 Å². The number of nitrogens with one attached hydrogen (secondary N) is 1. The number of halogens is 1. The fourth-order valence-corrected chi connectivity index (χ4v) is 1.84. The molecule has 0 aliphatic carbocycles. The van der Waals surface area contributed by atoms with Crippen LogP contribution in [0, 0.1) is 0 Å². The van der Waals surface area contributed by atoms with Gasteiger partial charge in [-0.3, -0.25) is 4.79 Å². The first-order chi connectivity index (χ1) is 9.10. The Kier molecular flexibility index (Phi) is 4.01. The average Bonchev–Trinajstić information content (AvgIpc) is 2.41. The van der Waals surface area contributed by atoms with E-state index >= 15 is 0 Å². The third-order valence-corrected chi connectivity index (χ3v) is 3.12. The van der Waals surface area contributed by atoms with Crippen molar-refractivity contribution in [3.8, 4) is 5.75 Å². The van der Waals surface area contributed by atoms with Gasteiger partial charge in [-0.25, -0.2) is 4.98 Å². The van der Waals surface area contributed by atoms with E-state index in [1.54, 1.807) is 43.5 Å². The lowest BCUT2D eigenvalue weighted by atomic mass is 10.2. The number of amides is 1. The highest BCUT2D eigenvalue weighted by Gasteiger charge is 2.10. The topological polar surface area (TPSA) is 77.2 Å². The van der Waals surface area contributed by atoms with Crippen LogP contribution in [0.25, 0.3) is 0 Å². The van der Waals surface area contributed by atoms with E-state index in [1.165, 1.54) is 0 Å². The molecule has 0 radical (unpaired) electrons. The number of benzene rings is 1. The normalized spacial score (nSPS) is 10.0. The second-order valence-corrected chi connectivity index (χ2v) is 4.60. The Hall–Kier alpha value is -2.08. The number of hydrogen-bond acceptors (Lipinski definition) is 4. The van der Waals surface area contributed by atoms with Gasteiger partial charge in [0.15, 0.2) is 0 Å². The summed E-state index contributed by atoms with van der Waals surface area (Å²) in [6, 6.07) is 10.2. The second-order valence-electron chi connectivity index (χ2n) is 3.75. The summed E-state index contributed by atoms with van der Waals surface area (Å²) in [4.78, 5) is 16.0. The molecule has 0 fully saturated rings. The van der Waals surface area contributed by atoms with Crippen molar-refractivity contribution in [1.29, 1.82) is 0 Å². The molecule has 0 spiro atoms. The number of nitrogens with two attached hydrogens (primary N) is 1. The van der Waals surface area contributed by atoms with Crippen LogP contribution in [0.2, 0.25) is 0 Å². The Labute approximate surface area is 118 Å². The van der Waals surface area contributed by atoms with E-state index < -0.39 is 0 Å². The van der Waals surface area contributed by atoms with Crippen LogP contribution in [0.15, 0.2) is 40.9 Å². The molecule has 2 aromatic rings. The van der Waals surface area contributed by atoms with Gasteiger partial charge in [0.2, 0.25) is 0 Å². The molecule has 1 aromatic heterocycles. The molecule has 1 aromatic carbocycles. The largest absolute Gasteiger partial charge is 0.497 e. The highest BCUT2D eigenvalue weighted by atomic mass is 79.9. The van der Waals surface area contributed by atoms with Crippen LogP contribution >= 0.6 is 15.9 Å². The van der Waals surface area contributed by atoms with Crippen molar-refractivity contribution < 1.29 is 9.53 Å². The summed E-state index contributed by atoms with van der Waals surface area (Å²) in [5, 5.41) is 2.74. The van der Waals surface area contributed by atoms with Gasteiger partial charge in [0.1, 0.15) is 17.3 Å². The molecule has 5 nitrogen and oxygen atoms in total. The number of aromatic nitrogens is 1. The Bertz CT molecular complexity index is 617. The maximum Gasteiger partial charge on any atom is 0.274 e. The monoisotopic (exact) mass is 321 g/mol. The third kappa shape index (κ3) is 3.23. The van der Waals surface area contributed by atoms with Crippen LogP contribution in [0.3, 0.4) is 0 Å². The van der Waals surface area contributed by atoms with Gasteiger partial charge in [-0.15, -0.1) is 0 Å². The molecule has 2 rings (SSSR count). The molecule has 0 saturated carbocycles. The molecule has 98 valence electrons. The quantitative estimate of drug-likeness (QED) is 0.911. The maximum atomic E-state index is 12.0. The zero-order valence-corrected chi connectivity index (χ0v) is 11.8. The van der Waals surface area contributed by atoms with Crippen LogP contribution in [-0.2, 0) is 0 Å². The summed E-state index contributed by atoms with van der Waals surface area (Å²) in [5.41, 5.74) is 6.41. The summed E-state index contributed by atoms with van der Waals surface area (Å²) in [7, 11) is 1.56. The Morgan fingerprint density at radius 3 is 2.84 bits per heavy atom. The lowest BCUT2D eigenvalue weighted by Crippen LogP contribution is -2.14. The Balaban J connectivity index is 2.23. The number of hydrogen-bond donors (Lipinski definition) is 2. The van der Waals surface area contributed by atoms with Crippen molar-refractivity contribution in [2.24, 2.45) is 0 Å². The van der Waals surface area contributed by atoms with E-state index in [-0.39, 0.29) is 11.6 Å². The highest BCUT2D eigenvalue weighted by molar-refractivity contribution is 9.10. The van der Waals surface area contributed by atoms with Gasteiger partial charge < -0.3 is 15.8 Å². The summed E-state index contributed by atoms with van der Waals surface area (Å²) < 4.78 is 5.86. The van der Waals surface area contributed by atoms with Crippen LogP contribution in [0.5, 0.6) is 5.75 Å². The fourth-order valence-electron chi connectivity index (χ4n) is 1.49. The number of methoxy groups -OCH3 is 1. The lowest BCUT2D eigenvalue weighted by Gasteiger charge is -2.09. The number of pyridine rings is 1. The predicted molar refractivity (Wildman–Crippen MR) is 77.3 cm³/mol. The van der Waals surface area contributed by atoms with E-state index in [0.29, 0.717) is 17.3 Å². The molecule has 1 amide bonds. The van der Waals surface area contributed by atoms with Crippen LogP contribution in [-0.4, -0.2) is 18.0 Å². The van der Waals surface area contributed by atoms with E-state index in [2.05, 4.69) is 26.2 Å². The molecular formula is C13H12BrN3O2. The van der Waals surface area contributed by atoms with Crippen LogP contribution < -0.4 is 15.8 Å². The van der Waals surface area contributed by atoms with Crippen molar-refractivity contribution in [2.75, 3.05) is 18.2 Å². The Morgan fingerprint density at radius 2 is 2.16 bits per heavy atom. The highest BCUT2D eigenvalue weighted by Crippen LogP contribution is 2.27. The summed E-state index contributed by atoms with van der Waals surface area (Å²) in [6.07, 6.45) is 0. The average molecular weight is 322 g/mol. The first-order valence-corrected chi connectivity index (χ1v) is 6.27. The second kappa shape index (κ2) is 5.71. The molecule has 0 aliphatic rings. The molecule has 0 bridgehead atoms. The predicted octanol–water partition coefficient (Wildman–Crippen LogP) is 2.69. The van der Waals surface area contributed by atoms with E-state index in [0.717, 1.165) is 4.47 Å². The molecule has 0 saturated heterocycles. The summed E-state index contributed by atoms with van der Waals surface area (Å²) >= 11 is 3.36. The molecular weight excluding hydrogens is 310 g/mol. The molecule has 3 N–H and O–H groups in total. The van der Waals surface area contributed by atoms with Gasteiger partial charge in [-0.1, -0.05) is 6.07 Å². The first-order valence-electron chi connectivity index (χ1n) is 5.47. The number of carbonyl (C=O) groups is 1. The van der Waals surface area contributed by atoms with Gasteiger partial charge >= 0.3 is 0 Å². The summed E-state index contributed by atoms with van der Waals surface area (Å²) in [6.45, 7) is 0. The van der Waals surface area contributed by atoms with E-state index in [9.17, 15) is 4.79 Å². The van der Waals surface area contributed by atoms with Crippen molar-refractivity contribution in [3.05, 3.63) is 46.6 Å². The minimum absolute atomic E-state index is 0.259. The van der Waals surface area contributed by atoms with Crippen molar-refractivity contribution in [1.82, 2.24) is 4.98 Å². The van der Waals surface area contributed by atoms with Crippen molar-refractivity contribution >= 4 is 33.3 Å². The van der Waals surface area contributed by atoms with Crippen LogP contribution in [0.4, 0.5) is 11.5 Å². The zero-order chi connectivity index (χ0) is 13.8. The first kappa shape index (κ1) is 13.4. The minimum Gasteiger partial charge on any atom is -0.497 e. The summed E-state index contributed by atoms with van der Waals surface area (Å²) in [5.74, 6) is 0.623. The Morgan fingerprint density at radius 1 is 1.37 bits per heavy atom. The van der Waals surface area contributed by atoms with Crippen LogP contribution in [0.1, 0.15) is 10.5 Å². The molecule has 0 atom stereocenters. The molecule has 0 aliphatic heterocycles. The fraction of sp³-hybridized carbons (Fsp3) is 0.0769. The maximum absolute atomic E-state index is 12.0. The zero-order valence-electron chi connectivity index (χ0n) is 10.2. The molecule has 19 heavy (non-hydrogen) atoms. The van der Waals surface area contributed by atoms with E-state index in [4.69, 9.17) is 10.5 Å². The standard InChI is InChI=1S/C13H12BrN3O2/c1-19-8-5-6-9(14)11(7-8)17-13(18)10-3-2-4-12(15)16-10/h2-7H,1H3,(H2,15,16)(H,17,18).